The fourth-order valence-corrected chi connectivity index (χ4v) is 2.65. The largest absolute Gasteiger partial charge is 0.573 e. The van der Waals surface area contributed by atoms with E-state index in [1.807, 2.05) is 0 Å². The van der Waals surface area contributed by atoms with Gasteiger partial charge in [0.2, 0.25) is 5.91 Å². The van der Waals surface area contributed by atoms with Crippen molar-refractivity contribution >= 4 is 22.9 Å². The van der Waals surface area contributed by atoms with Crippen LogP contribution in [0.1, 0.15) is 12.1 Å². The number of halogens is 3. The summed E-state index contributed by atoms with van der Waals surface area (Å²) in [4.78, 5) is 23.2. The molecule has 0 aliphatic carbocycles. The molecule has 2 rings (SSSR count). The molecule has 1 aromatic carbocycles. The summed E-state index contributed by atoms with van der Waals surface area (Å²) in [5.74, 6) is -1.00. The molecule has 23 heavy (non-hydrogen) atoms. The Labute approximate surface area is 133 Å². The van der Waals surface area contributed by atoms with Crippen LogP contribution in [0.2, 0.25) is 0 Å². The molecule has 1 amide bonds. The minimum Gasteiger partial charge on any atom is -0.404 e. The zero-order chi connectivity index (χ0) is 17.0. The molecule has 1 heterocycles. The topological polar surface area (TPSA) is 60.3 Å². The number of hydrogen-bond donors (Lipinski definition) is 1. The maximum atomic E-state index is 12.3. The minimum atomic E-state index is -4.85. The van der Waals surface area contributed by atoms with E-state index in [2.05, 4.69) is 10.1 Å². The molecule has 0 atom stereocenters. The molecule has 1 aromatic heterocycles. The van der Waals surface area contributed by atoms with Crippen molar-refractivity contribution < 1.29 is 22.7 Å². The number of hydrogen-bond acceptors (Lipinski definition) is 4. The third kappa shape index (κ3) is 4.85. The van der Waals surface area contributed by atoms with Crippen LogP contribution < -0.4 is 14.9 Å². The first-order chi connectivity index (χ1) is 10.8. The Hall–Kier alpha value is -2.29. The highest BCUT2D eigenvalue weighted by Crippen LogP contribution is 2.29. The predicted molar refractivity (Wildman–Crippen MR) is 79.7 cm³/mol. The number of aryl methyl sites for hydroxylation is 1. The molecule has 0 spiro atoms. The van der Waals surface area contributed by atoms with E-state index in [4.69, 9.17) is 0 Å². The Morgan fingerprint density at radius 1 is 1.35 bits per heavy atom. The van der Waals surface area contributed by atoms with Crippen molar-refractivity contribution in [1.82, 2.24) is 4.57 Å². The van der Waals surface area contributed by atoms with Gasteiger partial charge in [0.15, 0.2) is 5.75 Å². The first-order valence-electron chi connectivity index (χ1n) is 6.56. The van der Waals surface area contributed by atoms with Crippen molar-refractivity contribution in [2.75, 3.05) is 5.32 Å². The molecule has 0 bridgehead atoms. The van der Waals surface area contributed by atoms with Crippen LogP contribution in [0.4, 0.5) is 18.9 Å². The molecule has 2 aromatic rings. The summed E-state index contributed by atoms with van der Waals surface area (Å²) in [6.45, 7) is 1.89. The lowest BCUT2D eigenvalue weighted by atomic mass is 10.2. The number of benzene rings is 1. The molecular weight excluding hydrogens is 333 g/mol. The number of thiazole rings is 1. The van der Waals surface area contributed by atoms with E-state index in [1.54, 1.807) is 12.3 Å². The van der Waals surface area contributed by atoms with E-state index in [1.165, 1.54) is 22.8 Å². The Kier molecular flexibility index (Phi) is 5.09. The Morgan fingerprint density at radius 3 is 2.65 bits per heavy atom. The van der Waals surface area contributed by atoms with E-state index in [-0.39, 0.29) is 23.5 Å². The summed E-state index contributed by atoms with van der Waals surface area (Å²) in [5, 5.41) is 4.03. The number of ether oxygens (including phenoxy) is 1. The average molecular weight is 346 g/mol. The van der Waals surface area contributed by atoms with Gasteiger partial charge in [-0.2, -0.15) is 0 Å². The highest BCUT2D eigenvalue weighted by atomic mass is 32.1. The van der Waals surface area contributed by atoms with Crippen LogP contribution in [-0.4, -0.2) is 16.8 Å². The molecule has 1 N–H and O–H groups in total. The number of nitrogens with one attached hydrogen (secondary N) is 1. The highest BCUT2D eigenvalue weighted by Gasteiger charge is 2.32. The van der Waals surface area contributed by atoms with Gasteiger partial charge in [-0.15, -0.1) is 13.2 Å². The first-order valence-corrected chi connectivity index (χ1v) is 7.44. The molecule has 0 saturated carbocycles. The van der Waals surface area contributed by atoms with E-state index < -0.39 is 18.0 Å². The van der Waals surface area contributed by atoms with Crippen LogP contribution in [0.3, 0.4) is 0 Å². The second-order valence-electron chi connectivity index (χ2n) is 4.64. The summed E-state index contributed by atoms with van der Waals surface area (Å²) < 4.78 is 42.2. The maximum absolute atomic E-state index is 12.3. The Bertz CT molecular complexity index is 752. The third-order valence-corrected chi connectivity index (χ3v) is 3.81. The lowest BCUT2D eigenvalue weighted by molar-refractivity contribution is -0.274. The number of anilines is 1. The van der Waals surface area contributed by atoms with Gasteiger partial charge in [-0.05, 0) is 19.1 Å². The van der Waals surface area contributed by atoms with Crippen LogP contribution >= 0.6 is 11.3 Å². The van der Waals surface area contributed by atoms with E-state index >= 15 is 0 Å². The van der Waals surface area contributed by atoms with E-state index in [0.29, 0.717) is 0 Å². The van der Waals surface area contributed by atoms with Crippen LogP contribution in [-0.2, 0) is 11.3 Å². The van der Waals surface area contributed by atoms with Gasteiger partial charge in [0.25, 0.3) is 0 Å². The van der Waals surface area contributed by atoms with Gasteiger partial charge < -0.3 is 14.6 Å². The predicted octanol–water partition coefficient (Wildman–Crippen LogP) is 3.15. The average Bonchev–Trinajstić information content (AvgIpc) is 2.76. The summed E-state index contributed by atoms with van der Waals surface area (Å²) in [7, 11) is 0. The zero-order valence-electron chi connectivity index (χ0n) is 12.0. The van der Waals surface area contributed by atoms with Crippen molar-refractivity contribution in [2.24, 2.45) is 0 Å². The summed E-state index contributed by atoms with van der Waals surface area (Å²) in [5.41, 5.74) is 0.651. The standard InChI is InChI=1S/C14H13F3N2O3S/c1-9-8-23-13(21)19(9)7-6-12(20)18-10-4-2-3-5-11(10)22-14(15,16)17/h2-5,8H,6-7H2,1H3,(H,18,20). The van der Waals surface area contributed by atoms with Gasteiger partial charge in [0, 0.05) is 24.0 Å². The van der Waals surface area contributed by atoms with E-state index in [0.717, 1.165) is 23.1 Å². The number of alkyl halides is 3. The first kappa shape index (κ1) is 17.1. The normalized spacial score (nSPS) is 11.3. The number of rotatable bonds is 5. The second-order valence-corrected chi connectivity index (χ2v) is 5.46. The van der Waals surface area contributed by atoms with Crippen LogP contribution in [0, 0.1) is 6.92 Å². The van der Waals surface area contributed by atoms with Crippen LogP contribution in [0.15, 0.2) is 34.4 Å². The molecule has 0 unspecified atom stereocenters. The molecule has 0 saturated heterocycles. The molecule has 124 valence electrons. The molecule has 0 aliphatic heterocycles. The summed E-state index contributed by atoms with van der Waals surface area (Å²) in [6.07, 6.45) is -4.89. The van der Waals surface area contributed by atoms with Gasteiger partial charge in [-0.1, -0.05) is 23.5 Å². The smallest absolute Gasteiger partial charge is 0.404 e. The number of carbonyl (C=O) groups excluding carboxylic acids is 1. The van der Waals surface area contributed by atoms with Crippen LogP contribution in [0.25, 0.3) is 0 Å². The second kappa shape index (κ2) is 6.86. The SMILES string of the molecule is Cc1csc(=O)n1CCC(=O)Nc1ccccc1OC(F)(F)F. The van der Waals surface area contributed by atoms with Crippen molar-refractivity contribution in [3.63, 3.8) is 0 Å². The van der Waals surface area contributed by atoms with Crippen molar-refractivity contribution in [3.05, 3.63) is 45.0 Å². The van der Waals surface area contributed by atoms with Gasteiger partial charge in [-0.3, -0.25) is 9.59 Å². The quantitative estimate of drug-likeness (QED) is 0.905. The Morgan fingerprint density at radius 2 is 2.04 bits per heavy atom. The monoisotopic (exact) mass is 346 g/mol. The minimum absolute atomic E-state index is 0.0438. The molecule has 5 nitrogen and oxygen atoms in total. The zero-order valence-corrected chi connectivity index (χ0v) is 12.8. The van der Waals surface area contributed by atoms with Gasteiger partial charge in [0.05, 0.1) is 5.69 Å². The molecule has 9 heteroatoms. The Balaban J connectivity index is 2.02. The van der Waals surface area contributed by atoms with Crippen molar-refractivity contribution in [2.45, 2.75) is 26.3 Å². The summed E-state index contributed by atoms with van der Waals surface area (Å²) >= 11 is 1.03. The number of para-hydroxylation sites is 2. The third-order valence-electron chi connectivity index (χ3n) is 2.93. The molecule has 0 aliphatic rings. The van der Waals surface area contributed by atoms with Crippen molar-refractivity contribution in [1.29, 1.82) is 0 Å². The lowest BCUT2D eigenvalue weighted by Crippen LogP contribution is -2.21. The van der Waals surface area contributed by atoms with Gasteiger partial charge in [-0.25, -0.2) is 0 Å². The van der Waals surface area contributed by atoms with Crippen molar-refractivity contribution in [3.8, 4) is 5.75 Å². The van der Waals surface area contributed by atoms with Gasteiger partial charge >= 0.3 is 11.2 Å². The number of nitrogens with zero attached hydrogens (tertiary/aromatic N) is 1. The summed E-state index contributed by atoms with van der Waals surface area (Å²) in [6, 6.07) is 5.26. The fourth-order valence-electron chi connectivity index (χ4n) is 1.88. The lowest BCUT2D eigenvalue weighted by Gasteiger charge is -2.14. The van der Waals surface area contributed by atoms with E-state index in [9.17, 15) is 22.8 Å². The van der Waals surface area contributed by atoms with Crippen LogP contribution in [0.5, 0.6) is 5.75 Å². The molecule has 0 fully saturated rings. The molecule has 0 radical (unpaired) electrons. The van der Waals surface area contributed by atoms with Gasteiger partial charge in [0.1, 0.15) is 0 Å². The number of amides is 1. The fraction of sp³-hybridized carbons (Fsp3) is 0.286. The number of aromatic nitrogens is 1. The molecular formula is C14H13F3N2O3S. The maximum Gasteiger partial charge on any atom is 0.573 e. The number of carbonyl (C=O) groups is 1. The highest BCUT2D eigenvalue weighted by molar-refractivity contribution is 7.07.